The third-order valence-corrected chi connectivity index (χ3v) is 5.60. The highest BCUT2D eigenvalue weighted by atomic mass is 14.6. The first-order valence-corrected chi connectivity index (χ1v) is 6.79. The van der Waals surface area contributed by atoms with Crippen LogP contribution in [0.25, 0.3) is 0 Å². The van der Waals surface area contributed by atoms with Crippen molar-refractivity contribution in [3.8, 4) is 0 Å². The van der Waals surface area contributed by atoms with Crippen LogP contribution >= 0.6 is 0 Å². The molecule has 0 amide bonds. The van der Waals surface area contributed by atoms with Crippen LogP contribution in [0.4, 0.5) is 0 Å². The summed E-state index contributed by atoms with van der Waals surface area (Å²) >= 11 is 0. The van der Waals surface area contributed by atoms with Gasteiger partial charge in [0.25, 0.3) is 0 Å². The van der Waals surface area contributed by atoms with Gasteiger partial charge < -0.3 is 5.73 Å². The Hall–Kier alpha value is -0.0400. The Labute approximate surface area is 94.8 Å². The summed E-state index contributed by atoms with van der Waals surface area (Å²) in [5, 5.41) is 0. The highest BCUT2D eigenvalue weighted by molar-refractivity contribution is 5.00. The van der Waals surface area contributed by atoms with Gasteiger partial charge in [-0.1, -0.05) is 33.6 Å². The first-order chi connectivity index (χ1) is 7.09. The van der Waals surface area contributed by atoms with E-state index in [1.807, 2.05) is 0 Å². The largest absolute Gasteiger partial charge is 0.330 e. The molecule has 1 heteroatoms. The second kappa shape index (κ2) is 4.08. The molecule has 0 bridgehead atoms. The van der Waals surface area contributed by atoms with Crippen molar-refractivity contribution >= 4 is 0 Å². The molecule has 1 nitrogen and oxygen atoms in total. The lowest BCUT2D eigenvalue weighted by atomic mass is 9.60. The van der Waals surface area contributed by atoms with Crippen LogP contribution in [0.2, 0.25) is 0 Å². The summed E-state index contributed by atoms with van der Waals surface area (Å²) < 4.78 is 0. The summed E-state index contributed by atoms with van der Waals surface area (Å²) in [7, 11) is 0. The van der Waals surface area contributed by atoms with Crippen molar-refractivity contribution in [2.24, 2.45) is 34.8 Å². The van der Waals surface area contributed by atoms with Crippen LogP contribution in [0.1, 0.15) is 52.9 Å². The maximum atomic E-state index is 5.87. The van der Waals surface area contributed by atoms with Gasteiger partial charge in [0, 0.05) is 0 Å². The molecule has 2 aliphatic rings. The lowest BCUT2D eigenvalue weighted by Gasteiger charge is -2.45. The molecule has 0 aromatic carbocycles. The molecule has 2 fully saturated rings. The molecule has 5 atom stereocenters. The lowest BCUT2D eigenvalue weighted by Crippen LogP contribution is -2.39. The molecule has 0 aliphatic heterocycles. The van der Waals surface area contributed by atoms with Crippen molar-refractivity contribution in [2.75, 3.05) is 6.54 Å². The smallest absolute Gasteiger partial charge is 0.00486 e. The molecule has 2 rings (SSSR count). The van der Waals surface area contributed by atoms with Gasteiger partial charge in [0.15, 0.2) is 0 Å². The molecular weight excluding hydrogens is 182 g/mol. The standard InChI is InChI=1S/C14H27N/c1-10-5-4-8-14(3)12(10)6-7-13(14)11(2)9-15/h10-13H,4-9,15H2,1-3H3/t10-,11+,12-,13+,14-/m0/s1. The quantitative estimate of drug-likeness (QED) is 0.741. The Morgan fingerprint density at radius 3 is 2.73 bits per heavy atom. The van der Waals surface area contributed by atoms with Gasteiger partial charge in [0.05, 0.1) is 0 Å². The molecule has 2 saturated carbocycles. The van der Waals surface area contributed by atoms with E-state index in [0.29, 0.717) is 5.41 Å². The second-order valence-corrected chi connectivity index (χ2v) is 6.38. The van der Waals surface area contributed by atoms with Crippen molar-refractivity contribution in [1.29, 1.82) is 0 Å². The monoisotopic (exact) mass is 209 g/mol. The lowest BCUT2D eigenvalue weighted by molar-refractivity contribution is 0.0386. The van der Waals surface area contributed by atoms with Gasteiger partial charge in [0.1, 0.15) is 0 Å². The van der Waals surface area contributed by atoms with Crippen LogP contribution in [0.15, 0.2) is 0 Å². The highest BCUT2D eigenvalue weighted by Gasteiger charge is 2.50. The molecule has 0 spiro atoms. The molecule has 0 saturated heterocycles. The zero-order valence-electron chi connectivity index (χ0n) is 10.6. The van der Waals surface area contributed by atoms with E-state index in [9.17, 15) is 0 Å². The van der Waals surface area contributed by atoms with Crippen molar-refractivity contribution in [3.63, 3.8) is 0 Å². The van der Waals surface area contributed by atoms with E-state index >= 15 is 0 Å². The first kappa shape index (κ1) is 11.4. The normalized spacial score (nSPS) is 47.6. The third-order valence-electron chi connectivity index (χ3n) is 5.60. The van der Waals surface area contributed by atoms with Gasteiger partial charge in [-0.15, -0.1) is 0 Å². The van der Waals surface area contributed by atoms with E-state index in [2.05, 4.69) is 20.8 Å². The Kier molecular flexibility index (Phi) is 3.12. The first-order valence-electron chi connectivity index (χ1n) is 6.79. The predicted octanol–water partition coefficient (Wildman–Crippen LogP) is 3.43. The molecule has 2 N–H and O–H groups in total. The minimum absolute atomic E-state index is 0.621. The Morgan fingerprint density at radius 1 is 1.33 bits per heavy atom. The zero-order chi connectivity index (χ0) is 11.1. The molecule has 15 heavy (non-hydrogen) atoms. The average molecular weight is 209 g/mol. The van der Waals surface area contributed by atoms with Crippen LogP contribution in [0, 0.1) is 29.1 Å². The molecule has 0 aromatic rings. The maximum Gasteiger partial charge on any atom is -0.00486 e. The van der Waals surface area contributed by atoms with Gasteiger partial charge in [-0.25, -0.2) is 0 Å². The van der Waals surface area contributed by atoms with Gasteiger partial charge >= 0.3 is 0 Å². The van der Waals surface area contributed by atoms with Crippen molar-refractivity contribution in [1.82, 2.24) is 0 Å². The van der Waals surface area contributed by atoms with E-state index in [1.165, 1.54) is 32.1 Å². The molecule has 0 aromatic heterocycles. The number of hydrogen-bond donors (Lipinski definition) is 1. The maximum absolute atomic E-state index is 5.87. The fourth-order valence-electron chi connectivity index (χ4n) is 4.70. The Morgan fingerprint density at radius 2 is 2.07 bits per heavy atom. The van der Waals surface area contributed by atoms with Gasteiger partial charge in [0.2, 0.25) is 0 Å². The number of nitrogens with two attached hydrogens (primary N) is 1. The molecule has 88 valence electrons. The minimum Gasteiger partial charge on any atom is -0.330 e. The molecule has 0 unspecified atom stereocenters. The third kappa shape index (κ3) is 1.73. The number of hydrogen-bond acceptors (Lipinski definition) is 1. The molecule has 0 radical (unpaired) electrons. The summed E-state index contributed by atoms with van der Waals surface area (Å²) in [6, 6.07) is 0. The van der Waals surface area contributed by atoms with E-state index < -0.39 is 0 Å². The predicted molar refractivity (Wildman–Crippen MR) is 65.6 cm³/mol. The Balaban J connectivity index is 2.17. The summed E-state index contributed by atoms with van der Waals surface area (Å²) in [4.78, 5) is 0. The fraction of sp³-hybridized carbons (Fsp3) is 1.00. The van der Waals surface area contributed by atoms with Gasteiger partial charge in [-0.3, -0.25) is 0 Å². The van der Waals surface area contributed by atoms with Crippen molar-refractivity contribution in [2.45, 2.75) is 52.9 Å². The van der Waals surface area contributed by atoms with Crippen LogP contribution in [0.3, 0.4) is 0 Å². The summed E-state index contributed by atoms with van der Waals surface area (Å²) in [6.45, 7) is 8.26. The highest BCUT2D eigenvalue weighted by Crippen LogP contribution is 2.59. The average Bonchev–Trinajstić information content (AvgIpc) is 2.56. The molecule has 0 heterocycles. The SMILES string of the molecule is C[C@H](CN)[C@H]1CC[C@H]2[C@@H](C)CCC[C@]12C. The summed E-state index contributed by atoms with van der Waals surface area (Å²) in [5.41, 5.74) is 6.49. The fourth-order valence-corrected chi connectivity index (χ4v) is 4.70. The second-order valence-electron chi connectivity index (χ2n) is 6.38. The van der Waals surface area contributed by atoms with Gasteiger partial charge in [-0.2, -0.15) is 0 Å². The van der Waals surface area contributed by atoms with Crippen LogP contribution in [-0.2, 0) is 0 Å². The molecular formula is C14H27N. The summed E-state index contributed by atoms with van der Waals surface area (Å²) in [5.74, 6) is 3.57. The van der Waals surface area contributed by atoms with Crippen molar-refractivity contribution in [3.05, 3.63) is 0 Å². The number of rotatable bonds is 2. The zero-order valence-corrected chi connectivity index (χ0v) is 10.6. The molecule has 2 aliphatic carbocycles. The topological polar surface area (TPSA) is 26.0 Å². The van der Waals surface area contributed by atoms with Crippen LogP contribution < -0.4 is 5.73 Å². The van der Waals surface area contributed by atoms with E-state index in [-0.39, 0.29) is 0 Å². The van der Waals surface area contributed by atoms with E-state index in [1.54, 1.807) is 0 Å². The summed E-state index contributed by atoms with van der Waals surface area (Å²) in [6.07, 6.45) is 7.26. The van der Waals surface area contributed by atoms with E-state index in [4.69, 9.17) is 5.73 Å². The minimum atomic E-state index is 0.621. The van der Waals surface area contributed by atoms with Crippen molar-refractivity contribution < 1.29 is 0 Å². The van der Waals surface area contributed by atoms with Gasteiger partial charge in [-0.05, 0) is 54.9 Å². The number of fused-ring (bicyclic) bond motifs is 1. The van der Waals surface area contributed by atoms with Crippen LogP contribution in [0.5, 0.6) is 0 Å². The van der Waals surface area contributed by atoms with E-state index in [0.717, 1.165) is 30.2 Å². The van der Waals surface area contributed by atoms with Crippen LogP contribution in [-0.4, -0.2) is 6.54 Å². The Bertz CT molecular complexity index is 225.